The van der Waals surface area contributed by atoms with Crippen molar-refractivity contribution in [2.24, 2.45) is 0 Å². The summed E-state index contributed by atoms with van der Waals surface area (Å²) in [6, 6.07) is 0.532. The van der Waals surface area contributed by atoms with Crippen molar-refractivity contribution in [3.8, 4) is 0 Å². The first-order chi connectivity index (χ1) is 19.4. The molecule has 40 heavy (non-hydrogen) atoms. The van der Waals surface area contributed by atoms with E-state index in [0.717, 1.165) is 6.42 Å². The van der Waals surface area contributed by atoms with E-state index >= 15 is 0 Å². The molecule has 2 heteroatoms. The first kappa shape index (κ1) is 42.6. The largest absolute Gasteiger partial charge is 0.354 e. The molecule has 0 aromatic carbocycles. The van der Waals surface area contributed by atoms with Crippen molar-refractivity contribution in [3.05, 3.63) is 6.92 Å². The fourth-order valence-corrected chi connectivity index (χ4v) is 5.71. The maximum Gasteiger partial charge on any atom is 0.0993 e. The minimum Gasteiger partial charge on any atom is -0.354 e. The molecule has 0 aliphatic carbocycles. The van der Waals surface area contributed by atoms with E-state index in [9.17, 15) is 0 Å². The van der Waals surface area contributed by atoms with Crippen LogP contribution in [0, 0.1) is 6.92 Å². The van der Waals surface area contributed by atoms with E-state index in [0.29, 0.717) is 6.04 Å². The Morgan fingerprint density at radius 3 is 0.900 bits per heavy atom. The summed E-state index contributed by atoms with van der Waals surface area (Å²) in [4.78, 5) is 0. The Hall–Kier alpha value is 0.440. The van der Waals surface area contributed by atoms with Gasteiger partial charge in [-0.1, -0.05) is 210 Å². The third-order valence-corrected chi connectivity index (χ3v) is 9.38. The molecule has 0 aromatic rings. The molecule has 0 aromatic heterocycles. The molecule has 0 bridgehead atoms. The smallest absolute Gasteiger partial charge is 0.0993 e. The van der Waals surface area contributed by atoms with Crippen LogP contribution >= 0.6 is 15.9 Å². The molecule has 0 rings (SSSR count). The van der Waals surface area contributed by atoms with Gasteiger partial charge < -0.3 is 12.7 Å². The van der Waals surface area contributed by atoms with Crippen LogP contribution in [0.25, 0.3) is 0 Å². The summed E-state index contributed by atoms with van der Waals surface area (Å²) >= 11 is 3.72. The van der Waals surface area contributed by atoms with E-state index in [-0.39, 0.29) is 4.32 Å². The van der Waals surface area contributed by atoms with Gasteiger partial charge in [0.15, 0.2) is 0 Å². The van der Waals surface area contributed by atoms with Gasteiger partial charge in [-0.2, -0.15) is 6.42 Å². The predicted octanol–water partition coefficient (Wildman–Crippen LogP) is 13.7. The van der Waals surface area contributed by atoms with Crippen molar-refractivity contribution in [1.82, 2.24) is 0 Å². The highest BCUT2D eigenvalue weighted by Crippen LogP contribution is 2.22. The zero-order chi connectivity index (χ0) is 30.0. The molecule has 244 valence electrons. The first-order valence-corrected chi connectivity index (χ1v) is 19.5. The third kappa shape index (κ3) is 38.4. The number of quaternary nitrogens is 1. The number of halogens is 1. The zero-order valence-electron chi connectivity index (χ0n) is 28.8. The highest BCUT2D eigenvalue weighted by Gasteiger charge is 2.25. The van der Waals surface area contributed by atoms with Crippen LogP contribution < -0.4 is 5.73 Å². The van der Waals surface area contributed by atoms with Gasteiger partial charge in [0.25, 0.3) is 0 Å². The van der Waals surface area contributed by atoms with Crippen molar-refractivity contribution in [1.29, 1.82) is 0 Å². The van der Waals surface area contributed by atoms with E-state index in [1.807, 2.05) is 0 Å². The number of alkyl halides is 1. The van der Waals surface area contributed by atoms with Gasteiger partial charge in [0.05, 0.1) is 10.4 Å². The maximum atomic E-state index is 4.26. The van der Waals surface area contributed by atoms with Crippen LogP contribution in [-0.4, -0.2) is 10.4 Å². The van der Waals surface area contributed by atoms with Crippen molar-refractivity contribution >= 4 is 15.9 Å². The number of unbranched alkanes of at least 4 members (excludes halogenated alkanes) is 28. The van der Waals surface area contributed by atoms with Crippen LogP contribution in [0.15, 0.2) is 0 Å². The van der Waals surface area contributed by atoms with Crippen LogP contribution in [0.5, 0.6) is 0 Å². The molecule has 0 aliphatic heterocycles. The Balaban J connectivity index is 0. The van der Waals surface area contributed by atoms with Crippen LogP contribution in [0.4, 0.5) is 0 Å². The molecule has 0 radical (unpaired) electrons. The number of hydrogen-bond acceptors (Lipinski definition) is 0. The summed E-state index contributed by atoms with van der Waals surface area (Å²) in [5.41, 5.74) is 4.26. The third-order valence-electron chi connectivity index (χ3n) is 8.73. The average molecular weight is 631 g/mol. The minimum absolute atomic E-state index is 0.198. The molecule has 0 saturated heterocycles. The molecule has 0 amide bonds. The van der Waals surface area contributed by atoms with E-state index < -0.39 is 0 Å². The van der Waals surface area contributed by atoms with Crippen molar-refractivity contribution in [2.45, 2.75) is 237 Å². The standard InChI is InChI=1S/C20H42BrN.C18H37/c1-4-5-6-7-8-9-10-11-12-13-14-15-16-17-18-19(22)20(2,3)21;1-3-5-7-9-11-13-15-17-18-16-14-12-10-8-6-4-2/h19H,4-18,22H2,1-3H3;1,3-18H2,2H3/q;-1/p+1. The summed E-state index contributed by atoms with van der Waals surface area (Å²) in [6.07, 6.45) is 44.2. The van der Waals surface area contributed by atoms with Gasteiger partial charge in [0.2, 0.25) is 0 Å². The molecule has 0 heterocycles. The van der Waals surface area contributed by atoms with E-state index in [1.54, 1.807) is 0 Å². The van der Waals surface area contributed by atoms with Crippen LogP contribution in [0.2, 0.25) is 0 Å². The molecule has 0 spiro atoms. The minimum atomic E-state index is 0.198. The summed E-state index contributed by atoms with van der Waals surface area (Å²) in [7, 11) is 0. The van der Waals surface area contributed by atoms with E-state index in [1.165, 1.54) is 193 Å². The second-order valence-electron chi connectivity index (χ2n) is 13.4. The lowest BCUT2D eigenvalue weighted by molar-refractivity contribution is -0.427. The van der Waals surface area contributed by atoms with Gasteiger partial charge in [-0.15, -0.1) is 0 Å². The number of rotatable bonds is 31. The Bertz CT molecular complexity index is 414. The van der Waals surface area contributed by atoms with Crippen LogP contribution in [0.1, 0.15) is 227 Å². The normalized spacial score (nSPS) is 12.4. The van der Waals surface area contributed by atoms with Gasteiger partial charge in [-0.25, -0.2) is 0 Å². The Kier molecular flexibility index (Phi) is 37.9. The first-order valence-electron chi connectivity index (χ1n) is 18.7. The highest BCUT2D eigenvalue weighted by atomic mass is 79.9. The highest BCUT2D eigenvalue weighted by molar-refractivity contribution is 9.10. The summed E-state index contributed by atoms with van der Waals surface area (Å²) in [6.45, 7) is 12.9. The van der Waals surface area contributed by atoms with Crippen LogP contribution in [0.3, 0.4) is 0 Å². The fourth-order valence-electron chi connectivity index (χ4n) is 5.48. The lowest BCUT2D eigenvalue weighted by Gasteiger charge is -2.21. The molecular formula is C38H80BrN. The van der Waals surface area contributed by atoms with Gasteiger partial charge >= 0.3 is 0 Å². The molecule has 1 nitrogen and oxygen atoms in total. The van der Waals surface area contributed by atoms with Crippen molar-refractivity contribution in [2.75, 3.05) is 0 Å². The quantitative estimate of drug-likeness (QED) is 0.0448. The predicted molar refractivity (Wildman–Crippen MR) is 190 cm³/mol. The molecule has 3 N–H and O–H groups in total. The average Bonchev–Trinajstić information content (AvgIpc) is 2.93. The molecular weight excluding hydrogens is 550 g/mol. The molecule has 0 saturated carbocycles. The zero-order valence-corrected chi connectivity index (χ0v) is 30.4. The molecule has 1 unspecified atom stereocenters. The Morgan fingerprint density at radius 2 is 0.675 bits per heavy atom. The lowest BCUT2D eigenvalue weighted by Crippen LogP contribution is -2.68. The van der Waals surface area contributed by atoms with Gasteiger partial charge in [0.1, 0.15) is 0 Å². The second-order valence-corrected chi connectivity index (χ2v) is 15.5. The molecule has 1 atom stereocenters. The lowest BCUT2D eigenvalue weighted by atomic mass is 9.98. The topological polar surface area (TPSA) is 27.6 Å². The maximum absolute atomic E-state index is 4.26. The van der Waals surface area contributed by atoms with E-state index in [2.05, 4.69) is 56.3 Å². The van der Waals surface area contributed by atoms with Crippen LogP contribution in [-0.2, 0) is 0 Å². The summed E-state index contributed by atoms with van der Waals surface area (Å²) < 4.78 is 0.198. The second kappa shape index (κ2) is 35.6. The Labute approximate surface area is 264 Å². The number of hydrogen-bond donors (Lipinski definition) is 1. The van der Waals surface area contributed by atoms with Gasteiger partial charge in [-0.05, 0) is 20.3 Å². The summed E-state index contributed by atoms with van der Waals surface area (Å²) in [5, 5.41) is 0. The van der Waals surface area contributed by atoms with Crippen molar-refractivity contribution in [3.63, 3.8) is 0 Å². The summed E-state index contributed by atoms with van der Waals surface area (Å²) in [5.74, 6) is 0. The molecule has 0 aliphatic rings. The van der Waals surface area contributed by atoms with E-state index in [4.69, 9.17) is 0 Å². The Morgan fingerprint density at radius 1 is 0.450 bits per heavy atom. The fraction of sp³-hybridized carbons (Fsp3) is 0.974. The monoisotopic (exact) mass is 630 g/mol. The molecule has 0 fully saturated rings. The van der Waals surface area contributed by atoms with Gasteiger partial charge in [-0.3, -0.25) is 0 Å². The van der Waals surface area contributed by atoms with Gasteiger partial charge in [0, 0.05) is 6.42 Å². The SMILES string of the molecule is CCCCCCCCCCCCCCCCC([NH3+])C(C)(C)Br.[CH2-]CCCCCCCCCCCCCCCCC. The van der Waals surface area contributed by atoms with Crippen molar-refractivity contribution < 1.29 is 5.73 Å².